The summed E-state index contributed by atoms with van der Waals surface area (Å²) in [4.78, 5) is 22.0. The molecule has 0 radical (unpaired) electrons. The molecule has 5 heterocycles. The average molecular weight is 365 g/mol. The Morgan fingerprint density at radius 1 is 1.15 bits per heavy atom. The third kappa shape index (κ3) is 2.96. The summed E-state index contributed by atoms with van der Waals surface area (Å²) in [5, 5.41) is 4.13. The number of rotatable bonds is 4. The van der Waals surface area contributed by atoms with Gasteiger partial charge in [0, 0.05) is 24.9 Å². The summed E-state index contributed by atoms with van der Waals surface area (Å²) in [6.45, 7) is 5.97. The lowest BCUT2D eigenvalue weighted by atomic mass is 9.75. The van der Waals surface area contributed by atoms with E-state index in [9.17, 15) is 4.79 Å². The van der Waals surface area contributed by atoms with Crippen molar-refractivity contribution in [3.8, 4) is 0 Å². The van der Waals surface area contributed by atoms with E-state index >= 15 is 0 Å². The molecule has 3 atom stereocenters. The van der Waals surface area contributed by atoms with Gasteiger partial charge in [0.25, 0.3) is 0 Å². The second-order valence-electron chi connectivity index (χ2n) is 8.33. The van der Waals surface area contributed by atoms with Crippen LogP contribution in [0, 0.1) is 12.8 Å². The van der Waals surface area contributed by atoms with E-state index in [1.807, 2.05) is 0 Å². The molecule has 6 nitrogen and oxygen atoms in total. The number of hydrogen-bond acceptors (Lipinski definition) is 4. The minimum atomic E-state index is 0.267. The number of likely N-dealkylation sites (tertiary alicyclic amines) is 1. The van der Waals surface area contributed by atoms with Crippen molar-refractivity contribution in [2.75, 3.05) is 19.6 Å². The van der Waals surface area contributed by atoms with E-state index in [1.54, 1.807) is 11.0 Å². The Labute approximate surface area is 160 Å². The highest BCUT2D eigenvalue weighted by Crippen LogP contribution is 2.46. The van der Waals surface area contributed by atoms with Crippen molar-refractivity contribution in [1.29, 1.82) is 0 Å². The van der Waals surface area contributed by atoms with Crippen LogP contribution in [0.3, 0.4) is 0 Å². The molecule has 0 spiro atoms. The van der Waals surface area contributed by atoms with Crippen LogP contribution in [-0.4, -0.2) is 62.2 Å². The smallest absolute Gasteiger partial charge is 0.224 e. The van der Waals surface area contributed by atoms with E-state index in [1.165, 1.54) is 43.4 Å². The van der Waals surface area contributed by atoms with Gasteiger partial charge in [-0.05, 0) is 44.3 Å². The molecule has 4 aliphatic heterocycles. The highest BCUT2D eigenvalue weighted by Gasteiger charge is 2.54. The Bertz CT molecular complexity index is 794. The Balaban J connectivity index is 1.40. The summed E-state index contributed by atoms with van der Waals surface area (Å²) >= 11 is 0. The Hall–Kier alpha value is -2.21. The predicted octanol–water partition coefficient (Wildman–Crippen LogP) is 2.07. The van der Waals surface area contributed by atoms with Crippen LogP contribution >= 0.6 is 0 Å². The van der Waals surface area contributed by atoms with E-state index in [4.69, 9.17) is 0 Å². The molecule has 0 aliphatic carbocycles. The zero-order valence-corrected chi connectivity index (χ0v) is 15.9. The summed E-state index contributed by atoms with van der Waals surface area (Å²) in [5.41, 5.74) is 2.68. The number of aryl methyl sites for hydroxylation is 2. The van der Waals surface area contributed by atoms with Gasteiger partial charge < -0.3 is 4.90 Å². The Morgan fingerprint density at radius 2 is 1.93 bits per heavy atom. The molecule has 6 rings (SSSR count). The molecule has 0 unspecified atom stereocenters. The fourth-order valence-corrected chi connectivity index (χ4v) is 5.51. The monoisotopic (exact) mass is 365 g/mol. The second kappa shape index (κ2) is 6.75. The highest BCUT2D eigenvalue weighted by atomic mass is 16.2. The largest absolute Gasteiger partial charge is 0.337 e. The lowest BCUT2D eigenvalue weighted by Gasteiger charge is -2.51. The molecule has 1 aromatic carbocycles. The zero-order chi connectivity index (χ0) is 18.4. The van der Waals surface area contributed by atoms with Gasteiger partial charge in [-0.25, -0.2) is 4.98 Å². The maximum Gasteiger partial charge on any atom is 0.224 e. The maximum absolute atomic E-state index is 13.1. The van der Waals surface area contributed by atoms with Crippen LogP contribution in [0.4, 0.5) is 0 Å². The molecule has 6 heteroatoms. The Kier molecular flexibility index (Phi) is 4.23. The van der Waals surface area contributed by atoms with E-state index in [2.05, 4.69) is 51.1 Å². The van der Waals surface area contributed by atoms with Gasteiger partial charge in [-0.3, -0.25) is 14.4 Å². The summed E-state index contributed by atoms with van der Waals surface area (Å²) in [6, 6.07) is 9.80. The van der Waals surface area contributed by atoms with Crippen molar-refractivity contribution in [3.63, 3.8) is 0 Å². The van der Waals surface area contributed by atoms with Crippen molar-refractivity contribution < 1.29 is 4.79 Å². The quantitative estimate of drug-likeness (QED) is 0.832. The van der Waals surface area contributed by atoms with Crippen LogP contribution in [0.15, 0.2) is 36.9 Å². The number of fused-ring (bicyclic) bond motifs is 2. The van der Waals surface area contributed by atoms with Gasteiger partial charge in [0.05, 0.1) is 12.6 Å². The standard InChI is InChI=1S/C21H27N5O/c1-15-2-4-16(5-3-15)18-12-26(19(27)8-11-25-14-22-13-23-25)20-17-6-9-24(10-7-17)21(18)20/h2-5,13-14,17-18,20-21H,6-12H2,1H3/t18-,20-,21-/m0/s1. The third-order valence-electron chi connectivity index (χ3n) is 6.84. The fraction of sp³-hybridized carbons (Fsp3) is 0.571. The topological polar surface area (TPSA) is 54.3 Å². The highest BCUT2D eigenvalue weighted by molar-refractivity contribution is 5.77. The number of amides is 1. The number of aromatic nitrogens is 3. The molecule has 0 saturated carbocycles. The summed E-state index contributed by atoms with van der Waals surface area (Å²) in [7, 11) is 0. The van der Waals surface area contributed by atoms with Gasteiger partial charge in [-0.2, -0.15) is 5.10 Å². The molecule has 2 bridgehead atoms. The van der Waals surface area contributed by atoms with Gasteiger partial charge in [-0.15, -0.1) is 0 Å². The van der Waals surface area contributed by atoms with E-state index in [0.717, 1.165) is 6.54 Å². The van der Waals surface area contributed by atoms with E-state index in [-0.39, 0.29) is 5.91 Å². The first-order chi connectivity index (χ1) is 13.2. The SMILES string of the molecule is Cc1ccc([C@@H]2CN(C(=O)CCn3cncn3)[C@H]3C4CCN(CC4)[C@@H]23)cc1. The molecule has 2 aromatic rings. The number of hydrogen-bond donors (Lipinski definition) is 0. The first kappa shape index (κ1) is 16.9. The number of piperidine rings is 3. The summed E-state index contributed by atoms with van der Waals surface area (Å²) < 4.78 is 1.75. The number of carbonyl (C=O) groups excluding carboxylic acids is 1. The van der Waals surface area contributed by atoms with Gasteiger partial charge in [-0.1, -0.05) is 29.8 Å². The van der Waals surface area contributed by atoms with Crippen molar-refractivity contribution in [2.24, 2.45) is 5.92 Å². The zero-order valence-electron chi connectivity index (χ0n) is 15.9. The predicted molar refractivity (Wildman–Crippen MR) is 102 cm³/mol. The van der Waals surface area contributed by atoms with E-state index < -0.39 is 0 Å². The first-order valence-corrected chi connectivity index (χ1v) is 10.1. The van der Waals surface area contributed by atoms with Gasteiger partial charge in [0.1, 0.15) is 12.7 Å². The van der Waals surface area contributed by atoms with Crippen LogP contribution in [0.5, 0.6) is 0 Å². The number of carbonyl (C=O) groups is 1. The van der Waals surface area contributed by atoms with Crippen LogP contribution in [0.25, 0.3) is 0 Å². The first-order valence-electron chi connectivity index (χ1n) is 10.1. The van der Waals surface area contributed by atoms with Crippen LogP contribution in [0.1, 0.15) is 36.3 Å². The number of nitrogens with zero attached hydrogens (tertiary/aromatic N) is 5. The molecule has 0 N–H and O–H groups in total. The van der Waals surface area contributed by atoms with Crippen LogP contribution < -0.4 is 0 Å². The van der Waals surface area contributed by atoms with Gasteiger partial charge in [0.2, 0.25) is 5.91 Å². The Morgan fingerprint density at radius 3 is 2.63 bits per heavy atom. The maximum atomic E-state index is 13.1. The van der Waals surface area contributed by atoms with Crippen molar-refractivity contribution >= 4 is 5.91 Å². The molecular formula is C21H27N5O. The average Bonchev–Trinajstić information content (AvgIpc) is 3.37. The molecule has 4 aliphatic rings. The van der Waals surface area contributed by atoms with Crippen molar-refractivity contribution in [3.05, 3.63) is 48.0 Å². The van der Waals surface area contributed by atoms with Crippen LogP contribution in [0.2, 0.25) is 0 Å². The van der Waals surface area contributed by atoms with Crippen LogP contribution in [-0.2, 0) is 11.3 Å². The summed E-state index contributed by atoms with van der Waals surface area (Å²) in [5.74, 6) is 1.35. The second-order valence-corrected chi connectivity index (χ2v) is 8.33. The molecule has 4 fully saturated rings. The molecule has 27 heavy (non-hydrogen) atoms. The third-order valence-corrected chi connectivity index (χ3v) is 6.84. The minimum Gasteiger partial charge on any atom is -0.337 e. The lowest BCUT2D eigenvalue weighted by Crippen LogP contribution is -2.60. The molecular weight excluding hydrogens is 338 g/mol. The van der Waals surface area contributed by atoms with Crippen molar-refractivity contribution in [2.45, 2.75) is 50.7 Å². The van der Waals surface area contributed by atoms with Gasteiger partial charge >= 0.3 is 0 Å². The number of benzene rings is 1. The van der Waals surface area contributed by atoms with Gasteiger partial charge in [0.15, 0.2) is 0 Å². The molecule has 1 amide bonds. The molecule has 4 saturated heterocycles. The van der Waals surface area contributed by atoms with E-state index in [0.29, 0.717) is 36.9 Å². The fourth-order valence-electron chi connectivity index (χ4n) is 5.51. The normalized spacial score (nSPS) is 31.9. The molecule has 1 aromatic heterocycles. The minimum absolute atomic E-state index is 0.267. The lowest BCUT2D eigenvalue weighted by molar-refractivity contribution is -0.136. The molecule has 142 valence electrons. The summed E-state index contributed by atoms with van der Waals surface area (Å²) in [6.07, 6.45) is 6.17. The van der Waals surface area contributed by atoms with Crippen molar-refractivity contribution in [1.82, 2.24) is 24.6 Å².